The molecule has 0 atom stereocenters. The van der Waals surface area contributed by atoms with Crippen molar-refractivity contribution < 1.29 is 8.83 Å². The fraction of sp³-hybridized carbons (Fsp3) is 0.0328. The van der Waals surface area contributed by atoms with Crippen LogP contribution in [0.2, 0.25) is 0 Å². The molecule has 25 aromatic rings. The Morgan fingerprint density at radius 3 is 0.992 bits per heavy atom. The van der Waals surface area contributed by atoms with Crippen LogP contribution in [-0.4, -0.2) is 0 Å². The van der Waals surface area contributed by atoms with E-state index < -0.39 is 0 Å². The van der Waals surface area contributed by atoms with E-state index in [1.54, 1.807) is 0 Å². The fourth-order valence-corrected chi connectivity index (χ4v) is 20.9. The fourth-order valence-electron chi connectivity index (χ4n) is 20.9. The Kier molecular flexibility index (Phi) is 17.5. The second-order valence-electron chi connectivity index (χ2n) is 33.4. The highest BCUT2D eigenvalue weighted by atomic mass is 16.3. The molecule has 582 valence electrons. The summed E-state index contributed by atoms with van der Waals surface area (Å²) in [6.07, 6.45) is 0. The highest BCUT2D eigenvalue weighted by Crippen LogP contribution is 2.58. The molecule has 0 fully saturated rings. The van der Waals surface area contributed by atoms with Crippen LogP contribution in [0.15, 0.2) is 446 Å². The van der Waals surface area contributed by atoms with Gasteiger partial charge in [0.05, 0.1) is 0 Å². The normalized spacial score (nSPS) is 12.3. The van der Waals surface area contributed by atoms with Crippen LogP contribution in [0.4, 0.5) is 0 Å². The van der Waals surface area contributed by atoms with Crippen molar-refractivity contribution in [3.8, 4) is 89.0 Å². The Bertz CT molecular complexity index is 8510. The van der Waals surface area contributed by atoms with Gasteiger partial charge in [0.15, 0.2) is 0 Å². The van der Waals surface area contributed by atoms with E-state index in [9.17, 15) is 0 Å². The number of hydrogen-bond donors (Lipinski definition) is 0. The molecule has 23 aromatic carbocycles. The molecule has 2 heteroatoms. The molecule has 0 saturated carbocycles. The van der Waals surface area contributed by atoms with Crippen LogP contribution < -0.4 is 0 Å². The summed E-state index contributed by atoms with van der Waals surface area (Å²) >= 11 is 0. The molecule has 124 heavy (non-hydrogen) atoms. The molecule has 0 aliphatic heterocycles. The highest BCUT2D eigenvalue weighted by Gasteiger charge is 2.39. The summed E-state index contributed by atoms with van der Waals surface area (Å²) in [5, 5.41) is 30.1. The third-order valence-electron chi connectivity index (χ3n) is 26.3. The molecule has 0 N–H and O–H groups in total. The zero-order valence-electron chi connectivity index (χ0n) is 67.9. The second kappa shape index (κ2) is 29.6. The summed E-state index contributed by atoms with van der Waals surface area (Å²) in [4.78, 5) is 0. The lowest BCUT2D eigenvalue weighted by atomic mass is 9.78. The first-order valence-corrected chi connectivity index (χ1v) is 42.7. The topological polar surface area (TPSA) is 26.3 Å². The zero-order chi connectivity index (χ0) is 81.4. The van der Waals surface area contributed by atoms with E-state index in [1.807, 2.05) is 0 Å². The van der Waals surface area contributed by atoms with Crippen molar-refractivity contribution in [1.82, 2.24) is 0 Å². The summed E-state index contributed by atoms with van der Waals surface area (Å²) in [6, 6.07) is 159. The molecule has 0 amide bonds. The van der Waals surface area contributed by atoms with Gasteiger partial charge in [-0.05, 0) is 262 Å². The van der Waals surface area contributed by atoms with E-state index in [1.165, 1.54) is 208 Å². The molecule has 0 saturated heterocycles. The molecule has 0 unspecified atom stereocenters. The Morgan fingerprint density at radius 1 is 0.169 bits per heavy atom. The minimum absolute atomic E-state index is 0. The van der Waals surface area contributed by atoms with Gasteiger partial charge in [0, 0.05) is 27.0 Å². The van der Waals surface area contributed by atoms with Crippen LogP contribution >= 0.6 is 0 Å². The lowest BCUT2D eigenvalue weighted by Crippen LogP contribution is -2.15. The number of rotatable bonds is 7. The standard InChI is InChI=1S/C43H30.C42H26O.C36H22O.CH4/c1-43(2)38-26-37(30-18-8-9-19-31(30)41(38)36-25-24-27-14-6-7-17-29(27)42(36)43)40-34-22-12-10-20-32(34)39(28-15-4-3-5-16-28)33-21-11-13-23-35(33)40;1-3-12-28(13-4-1)40-33-17-9-10-18-34(33)41(29-14-5-2-6-15-29)37-25-30(19-22-35(37)40)31-20-23-36-39(26-31)43-38-24-21-27-11-7-8-16-32(27)42(36)38;1-2-10-23(11-3-1)35-27-14-6-8-16-29(27)36(30-17-9-7-15-28(30)35)26-18-19-33-31(21-26)32-20-24-12-4-5-13-25(24)22-34(32)37-33;/h3-26H,1-2H3;1-26H;1-22H;1H4. The molecule has 0 spiro atoms. The van der Waals surface area contributed by atoms with Crippen LogP contribution in [0.3, 0.4) is 0 Å². The molecule has 2 aromatic heterocycles. The van der Waals surface area contributed by atoms with Gasteiger partial charge in [0.2, 0.25) is 0 Å². The monoisotopic (exact) mass is 1580 g/mol. The van der Waals surface area contributed by atoms with Crippen molar-refractivity contribution in [2.75, 3.05) is 0 Å². The first-order valence-electron chi connectivity index (χ1n) is 42.7. The van der Waals surface area contributed by atoms with Crippen molar-refractivity contribution in [2.45, 2.75) is 26.7 Å². The summed E-state index contributed by atoms with van der Waals surface area (Å²) < 4.78 is 12.7. The van der Waals surface area contributed by atoms with Gasteiger partial charge in [-0.2, -0.15) is 0 Å². The maximum atomic E-state index is 6.44. The van der Waals surface area contributed by atoms with Gasteiger partial charge in [-0.1, -0.05) is 403 Å². The quantitative estimate of drug-likeness (QED) is 0.149. The number of benzene rings is 23. The Labute approximate surface area is 719 Å². The molecule has 1 aliphatic rings. The van der Waals surface area contributed by atoms with E-state index in [-0.39, 0.29) is 12.8 Å². The predicted octanol–water partition coefficient (Wildman–Crippen LogP) is 35.0. The molecule has 2 heterocycles. The minimum atomic E-state index is -0.139. The molecule has 0 bridgehead atoms. The molecular formula is C122H82O2. The van der Waals surface area contributed by atoms with Crippen molar-refractivity contribution in [3.63, 3.8) is 0 Å². The average Bonchev–Trinajstić information content (AvgIpc) is 1.48. The maximum Gasteiger partial charge on any atom is 0.136 e. The Morgan fingerprint density at radius 2 is 0.492 bits per heavy atom. The summed E-state index contributed by atoms with van der Waals surface area (Å²) in [5.74, 6) is 0. The van der Waals surface area contributed by atoms with Gasteiger partial charge in [-0.25, -0.2) is 0 Å². The van der Waals surface area contributed by atoms with Gasteiger partial charge in [0.25, 0.3) is 0 Å². The van der Waals surface area contributed by atoms with Crippen LogP contribution in [0, 0.1) is 0 Å². The van der Waals surface area contributed by atoms with E-state index in [0.29, 0.717) is 0 Å². The average molecular weight is 1580 g/mol. The summed E-state index contributed by atoms with van der Waals surface area (Å²) in [6.45, 7) is 4.83. The smallest absolute Gasteiger partial charge is 0.136 e. The van der Waals surface area contributed by atoms with Crippen LogP contribution in [-0.2, 0) is 5.41 Å². The first kappa shape index (κ1) is 73.4. The molecule has 2 nitrogen and oxygen atoms in total. The number of hydrogen-bond acceptors (Lipinski definition) is 2. The highest BCUT2D eigenvalue weighted by molar-refractivity contribution is 6.28. The van der Waals surface area contributed by atoms with E-state index in [0.717, 1.165) is 44.1 Å². The van der Waals surface area contributed by atoms with Crippen molar-refractivity contribution in [1.29, 1.82) is 0 Å². The van der Waals surface area contributed by atoms with E-state index in [4.69, 9.17) is 8.83 Å². The van der Waals surface area contributed by atoms with Crippen molar-refractivity contribution >= 4 is 152 Å². The van der Waals surface area contributed by atoms with E-state index >= 15 is 0 Å². The van der Waals surface area contributed by atoms with Gasteiger partial charge in [0.1, 0.15) is 22.3 Å². The minimum Gasteiger partial charge on any atom is -0.456 e. The lowest BCUT2D eigenvalue weighted by molar-refractivity contribution is 0.667. The Hall–Kier alpha value is -15.7. The Balaban J connectivity index is 0.000000107. The molecule has 26 rings (SSSR count). The number of furan rings is 2. The van der Waals surface area contributed by atoms with Crippen LogP contribution in [0.1, 0.15) is 32.4 Å². The largest absolute Gasteiger partial charge is 0.456 e. The first-order chi connectivity index (χ1) is 60.8. The maximum absolute atomic E-state index is 6.44. The third kappa shape index (κ3) is 11.8. The van der Waals surface area contributed by atoms with Crippen molar-refractivity contribution in [2.24, 2.45) is 0 Å². The van der Waals surface area contributed by atoms with E-state index in [2.05, 4.69) is 451 Å². The van der Waals surface area contributed by atoms with Gasteiger partial charge < -0.3 is 8.83 Å². The molecule has 0 radical (unpaired) electrons. The SMILES string of the molecule is C.CC1(C)c2cc(-c3c4ccccc4c(-c4ccccc4)c4ccccc34)c3ccccc3c2-c2ccc3ccccc3c21.c1ccc(-c2c3ccccc3c(-c3ccc4oc5cc6ccccc6cc5c4c3)c3ccccc23)cc1.c1ccc(-c2c3ccccc3c(-c3ccccc3)c3cc(-c4ccc5c(c4)oc4ccc6ccccc6c45)ccc23)cc1. The van der Waals surface area contributed by atoms with Crippen molar-refractivity contribution in [3.05, 3.63) is 448 Å². The van der Waals surface area contributed by atoms with Gasteiger partial charge in [-0.15, -0.1) is 0 Å². The number of fused-ring (bicyclic) bond motifs is 22. The molecular weight excluding hydrogens is 1500 g/mol. The summed E-state index contributed by atoms with van der Waals surface area (Å²) in [7, 11) is 0. The molecule has 1 aliphatic carbocycles. The van der Waals surface area contributed by atoms with Gasteiger partial charge in [-0.3, -0.25) is 0 Å². The second-order valence-corrected chi connectivity index (χ2v) is 33.4. The van der Waals surface area contributed by atoms with Crippen LogP contribution in [0.5, 0.6) is 0 Å². The third-order valence-corrected chi connectivity index (χ3v) is 26.3. The van der Waals surface area contributed by atoms with Crippen LogP contribution in [0.25, 0.3) is 241 Å². The lowest BCUT2D eigenvalue weighted by Gasteiger charge is -2.25. The summed E-state index contributed by atoms with van der Waals surface area (Å²) in [5.41, 5.74) is 26.7. The zero-order valence-corrected chi connectivity index (χ0v) is 67.9. The predicted molar refractivity (Wildman–Crippen MR) is 531 cm³/mol. The van der Waals surface area contributed by atoms with Gasteiger partial charge >= 0.3 is 0 Å².